The molecule has 1 atom stereocenters. The predicted octanol–water partition coefficient (Wildman–Crippen LogP) is 1.32. The van der Waals surface area contributed by atoms with Gasteiger partial charge in [-0.25, -0.2) is 4.63 Å². The SMILES string of the molecule is CNC(=O)C1CCCCN1Cc1cccc2nonc12. The van der Waals surface area contributed by atoms with Crippen molar-refractivity contribution in [1.82, 2.24) is 20.5 Å². The number of benzene rings is 1. The molecule has 1 amide bonds. The number of piperidine rings is 1. The molecule has 1 saturated heterocycles. The third-order valence-electron chi connectivity index (χ3n) is 3.91. The van der Waals surface area contributed by atoms with Crippen molar-refractivity contribution in [2.45, 2.75) is 31.8 Å². The predicted molar refractivity (Wildman–Crippen MR) is 73.9 cm³/mol. The van der Waals surface area contributed by atoms with Crippen LogP contribution in [0.2, 0.25) is 0 Å². The van der Waals surface area contributed by atoms with Gasteiger partial charge in [0.05, 0.1) is 6.04 Å². The summed E-state index contributed by atoms with van der Waals surface area (Å²) in [6.45, 7) is 1.63. The highest BCUT2D eigenvalue weighted by Gasteiger charge is 2.28. The van der Waals surface area contributed by atoms with Crippen molar-refractivity contribution in [3.63, 3.8) is 0 Å². The zero-order valence-corrected chi connectivity index (χ0v) is 11.5. The number of likely N-dealkylation sites (tertiary alicyclic amines) is 1. The molecule has 6 heteroatoms. The van der Waals surface area contributed by atoms with Crippen LogP contribution in [0.4, 0.5) is 0 Å². The van der Waals surface area contributed by atoms with Crippen molar-refractivity contribution in [3.05, 3.63) is 23.8 Å². The highest BCUT2D eigenvalue weighted by Crippen LogP contribution is 2.22. The van der Waals surface area contributed by atoms with Gasteiger partial charge in [-0.3, -0.25) is 9.69 Å². The molecule has 20 heavy (non-hydrogen) atoms. The Labute approximate surface area is 117 Å². The lowest BCUT2D eigenvalue weighted by Gasteiger charge is -2.34. The summed E-state index contributed by atoms with van der Waals surface area (Å²) in [5.41, 5.74) is 2.60. The van der Waals surface area contributed by atoms with Crippen LogP contribution in [0.5, 0.6) is 0 Å². The maximum absolute atomic E-state index is 12.0. The van der Waals surface area contributed by atoms with E-state index in [1.54, 1.807) is 7.05 Å². The number of hydrogen-bond acceptors (Lipinski definition) is 5. The Morgan fingerprint density at radius 1 is 1.45 bits per heavy atom. The van der Waals surface area contributed by atoms with E-state index in [4.69, 9.17) is 4.63 Å². The van der Waals surface area contributed by atoms with Crippen LogP contribution in [0.25, 0.3) is 11.0 Å². The van der Waals surface area contributed by atoms with Gasteiger partial charge in [0.15, 0.2) is 0 Å². The molecule has 0 aliphatic carbocycles. The fourth-order valence-electron chi connectivity index (χ4n) is 2.85. The van der Waals surface area contributed by atoms with E-state index >= 15 is 0 Å². The van der Waals surface area contributed by atoms with E-state index in [0.717, 1.165) is 42.4 Å². The van der Waals surface area contributed by atoms with Gasteiger partial charge < -0.3 is 5.32 Å². The van der Waals surface area contributed by atoms with Crippen LogP contribution >= 0.6 is 0 Å². The molecule has 6 nitrogen and oxygen atoms in total. The lowest BCUT2D eigenvalue weighted by molar-refractivity contribution is -0.127. The largest absolute Gasteiger partial charge is 0.358 e. The quantitative estimate of drug-likeness (QED) is 0.914. The van der Waals surface area contributed by atoms with Gasteiger partial charge in [-0.05, 0) is 41.3 Å². The molecule has 1 aliphatic rings. The van der Waals surface area contributed by atoms with Crippen LogP contribution in [-0.2, 0) is 11.3 Å². The van der Waals surface area contributed by atoms with Crippen LogP contribution < -0.4 is 5.32 Å². The fourth-order valence-corrected chi connectivity index (χ4v) is 2.85. The number of nitrogens with zero attached hydrogens (tertiary/aromatic N) is 3. The van der Waals surface area contributed by atoms with Crippen molar-refractivity contribution in [3.8, 4) is 0 Å². The molecule has 0 spiro atoms. The van der Waals surface area contributed by atoms with Gasteiger partial charge in [0.25, 0.3) is 0 Å². The molecule has 1 fully saturated rings. The monoisotopic (exact) mass is 274 g/mol. The molecule has 2 heterocycles. The molecule has 1 aromatic heterocycles. The van der Waals surface area contributed by atoms with Gasteiger partial charge in [-0.2, -0.15) is 0 Å². The van der Waals surface area contributed by atoms with Crippen molar-refractivity contribution in [2.75, 3.05) is 13.6 Å². The first kappa shape index (κ1) is 13.1. The number of aromatic nitrogens is 2. The van der Waals surface area contributed by atoms with Crippen LogP contribution in [0, 0.1) is 0 Å². The Hall–Kier alpha value is -1.95. The second kappa shape index (κ2) is 5.58. The molecule has 106 valence electrons. The molecule has 0 bridgehead atoms. The van der Waals surface area contributed by atoms with E-state index in [2.05, 4.69) is 20.5 Å². The normalized spacial score (nSPS) is 20.1. The van der Waals surface area contributed by atoms with Gasteiger partial charge in [-0.1, -0.05) is 18.6 Å². The molecule has 0 radical (unpaired) electrons. The van der Waals surface area contributed by atoms with Gasteiger partial charge in [-0.15, -0.1) is 0 Å². The summed E-state index contributed by atoms with van der Waals surface area (Å²) in [4.78, 5) is 14.2. The summed E-state index contributed by atoms with van der Waals surface area (Å²) < 4.78 is 4.79. The molecule has 1 unspecified atom stereocenters. The molecule has 3 rings (SSSR count). The van der Waals surface area contributed by atoms with E-state index in [-0.39, 0.29) is 11.9 Å². The highest BCUT2D eigenvalue weighted by molar-refractivity contribution is 5.81. The zero-order valence-electron chi connectivity index (χ0n) is 11.5. The Morgan fingerprint density at radius 3 is 3.20 bits per heavy atom. The number of amides is 1. The second-order valence-electron chi connectivity index (χ2n) is 5.15. The Balaban J connectivity index is 1.84. The second-order valence-corrected chi connectivity index (χ2v) is 5.15. The fraction of sp³-hybridized carbons (Fsp3) is 0.500. The van der Waals surface area contributed by atoms with Gasteiger partial charge >= 0.3 is 0 Å². The number of hydrogen-bond donors (Lipinski definition) is 1. The maximum atomic E-state index is 12.0. The minimum atomic E-state index is -0.0520. The maximum Gasteiger partial charge on any atom is 0.237 e. The molecule has 1 aromatic carbocycles. The number of rotatable bonds is 3. The molecule has 2 aromatic rings. The summed E-state index contributed by atoms with van der Waals surface area (Å²) >= 11 is 0. The van der Waals surface area contributed by atoms with Crippen LogP contribution in [0.1, 0.15) is 24.8 Å². The first-order valence-corrected chi connectivity index (χ1v) is 6.95. The topological polar surface area (TPSA) is 71.3 Å². The molecule has 1 N–H and O–H groups in total. The Bertz CT molecular complexity index is 610. The first-order valence-electron chi connectivity index (χ1n) is 6.95. The Morgan fingerprint density at radius 2 is 2.35 bits per heavy atom. The Kier molecular flexibility index (Phi) is 3.64. The summed E-state index contributed by atoms with van der Waals surface area (Å²) in [5, 5.41) is 10.6. The lowest BCUT2D eigenvalue weighted by Crippen LogP contribution is -2.48. The van der Waals surface area contributed by atoms with Crippen molar-refractivity contribution in [2.24, 2.45) is 0 Å². The molecule has 0 saturated carbocycles. The third kappa shape index (κ3) is 2.38. The van der Waals surface area contributed by atoms with E-state index in [9.17, 15) is 4.79 Å². The summed E-state index contributed by atoms with van der Waals surface area (Å²) in [7, 11) is 1.69. The lowest BCUT2D eigenvalue weighted by atomic mass is 10.00. The average molecular weight is 274 g/mol. The summed E-state index contributed by atoms with van der Waals surface area (Å²) in [5.74, 6) is 0.0927. The minimum absolute atomic E-state index is 0.0520. The zero-order chi connectivity index (χ0) is 13.9. The third-order valence-corrected chi connectivity index (χ3v) is 3.91. The van der Waals surface area contributed by atoms with Crippen LogP contribution in [0.3, 0.4) is 0 Å². The number of likely N-dealkylation sites (N-methyl/N-ethyl adjacent to an activating group) is 1. The van der Waals surface area contributed by atoms with E-state index in [1.807, 2.05) is 18.2 Å². The standard InChI is InChI=1S/C14H18N4O2/c1-15-14(19)12-7-2-3-8-18(12)9-10-5-4-6-11-13(10)17-20-16-11/h4-6,12H,2-3,7-9H2,1H3,(H,15,19). The van der Waals surface area contributed by atoms with E-state index in [1.165, 1.54) is 0 Å². The van der Waals surface area contributed by atoms with E-state index < -0.39 is 0 Å². The summed E-state index contributed by atoms with van der Waals surface area (Å²) in [6, 6.07) is 5.79. The molecule has 1 aliphatic heterocycles. The minimum Gasteiger partial charge on any atom is -0.358 e. The number of nitrogens with one attached hydrogen (secondary N) is 1. The number of carbonyl (C=O) groups is 1. The van der Waals surface area contributed by atoms with Crippen LogP contribution in [0.15, 0.2) is 22.8 Å². The van der Waals surface area contributed by atoms with Gasteiger partial charge in [0.1, 0.15) is 11.0 Å². The first-order chi connectivity index (χ1) is 9.79. The average Bonchev–Trinajstić information content (AvgIpc) is 2.96. The smallest absolute Gasteiger partial charge is 0.237 e. The van der Waals surface area contributed by atoms with Crippen LogP contribution in [-0.4, -0.2) is 40.8 Å². The number of fused-ring (bicyclic) bond motifs is 1. The summed E-state index contributed by atoms with van der Waals surface area (Å²) in [6.07, 6.45) is 3.14. The van der Waals surface area contributed by atoms with Crippen molar-refractivity contribution >= 4 is 16.9 Å². The van der Waals surface area contributed by atoms with E-state index in [0.29, 0.717) is 6.54 Å². The van der Waals surface area contributed by atoms with Gasteiger partial charge in [0, 0.05) is 13.6 Å². The van der Waals surface area contributed by atoms with Crippen molar-refractivity contribution < 1.29 is 9.42 Å². The molecular formula is C14H18N4O2. The number of carbonyl (C=O) groups excluding carboxylic acids is 1. The molecular weight excluding hydrogens is 256 g/mol. The highest BCUT2D eigenvalue weighted by atomic mass is 16.6. The van der Waals surface area contributed by atoms with Gasteiger partial charge in [0.2, 0.25) is 5.91 Å². The van der Waals surface area contributed by atoms with Crippen molar-refractivity contribution in [1.29, 1.82) is 0 Å².